The number of hydrogen-bond donors (Lipinski definition) is 0. The van der Waals surface area contributed by atoms with Crippen molar-refractivity contribution >= 4 is 66.6 Å². The van der Waals surface area contributed by atoms with Crippen molar-refractivity contribution in [2.45, 2.75) is 47.0 Å². The van der Waals surface area contributed by atoms with Gasteiger partial charge in [-0.3, -0.25) is 0 Å². The summed E-state index contributed by atoms with van der Waals surface area (Å²) in [7, 11) is 0. The van der Waals surface area contributed by atoms with E-state index in [0.717, 1.165) is 66.9 Å². The van der Waals surface area contributed by atoms with Crippen molar-refractivity contribution in [1.29, 1.82) is 0 Å². The summed E-state index contributed by atoms with van der Waals surface area (Å²) in [5.41, 5.74) is 11.0. The molecule has 7 nitrogen and oxygen atoms in total. The Kier molecular flexibility index (Phi) is 8.55. The van der Waals surface area contributed by atoms with Crippen LogP contribution in [0.5, 0.6) is 11.5 Å². The van der Waals surface area contributed by atoms with Gasteiger partial charge in [0.15, 0.2) is 0 Å². The van der Waals surface area contributed by atoms with Crippen LogP contribution in [0, 0.1) is 39.6 Å². The number of rotatable bonds is 5. The van der Waals surface area contributed by atoms with E-state index in [1.54, 1.807) is 0 Å². The summed E-state index contributed by atoms with van der Waals surface area (Å²) in [5, 5.41) is 4.14. The van der Waals surface area contributed by atoms with Gasteiger partial charge in [-0.05, 0) is 90.0 Å². The van der Waals surface area contributed by atoms with Gasteiger partial charge < -0.3 is 23.5 Å². The molecule has 1 aliphatic rings. The van der Waals surface area contributed by atoms with E-state index in [0.29, 0.717) is 17.1 Å². The van der Waals surface area contributed by atoms with E-state index in [9.17, 15) is 0 Å². The Hall–Kier alpha value is -5.91. The molecule has 0 fully saturated rings. The summed E-state index contributed by atoms with van der Waals surface area (Å²) in [6.07, 6.45) is 3.73. The molecule has 0 aliphatic carbocycles. The molecule has 0 spiro atoms. The number of pyridine rings is 2. The van der Waals surface area contributed by atoms with Gasteiger partial charge in [-0.1, -0.05) is 97.5 Å². The van der Waals surface area contributed by atoms with E-state index in [-0.39, 0.29) is 26.5 Å². The zero-order valence-electron chi connectivity index (χ0n) is 31.9. The van der Waals surface area contributed by atoms with Crippen molar-refractivity contribution in [3.05, 3.63) is 157 Å². The monoisotopic (exact) mass is 911 g/mol. The van der Waals surface area contributed by atoms with E-state index < -0.39 is 0 Å². The minimum Gasteiger partial charge on any atom is -0.509 e. The van der Waals surface area contributed by atoms with Crippen LogP contribution in [0.25, 0.3) is 49.6 Å². The van der Waals surface area contributed by atoms with Gasteiger partial charge in [0.1, 0.15) is 17.2 Å². The maximum Gasteiger partial charge on any atom is 0.135 e. The summed E-state index contributed by atoms with van der Waals surface area (Å²) in [4.78, 5) is 14.1. The van der Waals surface area contributed by atoms with Crippen molar-refractivity contribution < 1.29 is 30.2 Å². The zero-order valence-corrected chi connectivity index (χ0v) is 34.2. The molecule has 56 heavy (non-hydrogen) atoms. The maximum atomic E-state index is 6.73. The topological polar surface area (TPSA) is 59.6 Å². The van der Waals surface area contributed by atoms with Crippen LogP contribution in [0.3, 0.4) is 0 Å². The number of aryl methyl sites for hydroxylation is 3. The molecule has 0 unspecified atom stereocenters. The van der Waals surface area contributed by atoms with Crippen LogP contribution in [0.1, 0.15) is 43.0 Å². The van der Waals surface area contributed by atoms with E-state index in [1.165, 1.54) is 22.3 Å². The summed E-state index contributed by atoms with van der Waals surface area (Å²) in [6, 6.07) is 42.6. The molecule has 0 N–H and O–H groups in total. The average Bonchev–Trinajstić information content (AvgIpc) is 3.84. The smallest absolute Gasteiger partial charge is 0.135 e. The van der Waals surface area contributed by atoms with E-state index in [1.807, 2.05) is 48.8 Å². The molecule has 5 aromatic carbocycles. The Balaban J connectivity index is 0.00000410. The third kappa shape index (κ3) is 5.76. The third-order valence-electron chi connectivity index (χ3n) is 10.6. The quantitative estimate of drug-likeness (QED) is 0.160. The first kappa shape index (κ1) is 35.8. The van der Waals surface area contributed by atoms with Gasteiger partial charge in [0, 0.05) is 61.7 Å². The fourth-order valence-electron chi connectivity index (χ4n) is 8.17. The summed E-state index contributed by atoms with van der Waals surface area (Å²) in [6.45, 7) is 15.2. The van der Waals surface area contributed by atoms with Crippen LogP contribution in [0.15, 0.2) is 120 Å². The number of para-hydroxylation sites is 2. The van der Waals surface area contributed by atoms with Gasteiger partial charge in [0.2, 0.25) is 0 Å². The minimum atomic E-state index is -0.0323. The van der Waals surface area contributed by atoms with Crippen LogP contribution >= 0.6 is 0 Å². The van der Waals surface area contributed by atoms with Gasteiger partial charge in [-0.2, -0.15) is 6.07 Å². The Morgan fingerprint density at radius 3 is 2.27 bits per heavy atom. The fourth-order valence-corrected chi connectivity index (χ4v) is 8.17. The largest absolute Gasteiger partial charge is 0.509 e. The molecule has 0 saturated carbocycles. The first-order valence-electron chi connectivity index (χ1n) is 18.6. The zero-order chi connectivity index (χ0) is 37.6. The Morgan fingerprint density at radius 2 is 1.46 bits per heavy atom. The summed E-state index contributed by atoms with van der Waals surface area (Å²) in [5.74, 6) is 2.74. The average molecular weight is 912 g/mol. The molecular weight excluding hydrogens is 874 g/mol. The molecule has 1 aliphatic heterocycles. The summed E-state index contributed by atoms with van der Waals surface area (Å²) < 4.78 is 15.4. The molecule has 0 radical (unpaired) electrons. The number of aromatic nitrogens is 3. The van der Waals surface area contributed by atoms with E-state index in [4.69, 9.17) is 19.1 Å². The number of nitrogens with zero attached hydrogens (tertiary/aromatic N) is 5. The molecule has 8 heteroatoms. The minimum absolute atomic E-state index is 0. The summed E-state index contributed by atoms with van der Waals surface area (Å²) >= 11 is 0. The number of hydrogen-bond acceptors (Lipinski definition) is 6. The van der Waals surface area contributed by atoms with Gasteiger partial charge >= 0.3 is 0 Å². The van der Waals surface area contributed by atoms with E-state index in [2.05, 4.69) is 141 Å². The molecule has 280 valence electrons. The van der Waals surface area contributed by atoms with Gasteiger partial charge in [0.05, 0.1) is 5.69 Å². The van der Waals surface area contributed by atoms with Crippen molar-refractivity contribution in [1.82, 2.24) is 14.5 Å². The van der Waals surface area contributed by atoms with E-state index >= 15 is 0 Å². The third-order valence-corrected chi connectivity index (χ3v) is 10.6. The van der Waals surface area contributed by atoms with Crippen molar-refractivity contribution in [3.63, 3.8) is 0 Å². The van der Waals surface area contributed by atoms with Crippen molar-refractivity contribution in [2.24, 2.45) is 0 Å². The van der Waals surface area contributed by atoms with Crippen LogP contribution in [-0.2, 0) is 26.5 Å². The second kappa shape index (κ2) is 13.4. The fraction of sp³-hybridized carbons (Fsp3) is 0.146. The normalized spacial score (nSPS) is 12.9. The molecule has 0 amide bonds. The number of ether oxygens (including phenoxy) is 1. The molecule has 9 aromatic rings. The van der Waals surface area contributed by atoms with Crippen LogP contribution in [-0.4, -0.2) is 14.5 Å². The molecule has 0 atom stereocenters. The standard InChI is InChI=1S/C48H38N5O2.Pt/c1-29-22-30(2)46(31(3)23-29)52-28-51(39-15-11-20-50-47(39)52)41-26-34(27-43-45(41)37-13-8-10-16-42(37)55-43)54-33-17-18-36-35-12-7-9-14-38(35)53(40(36)25-33)44-24-32(19-21-49-44)48(4,5)6;/h7-24,27-28H,1-6H3;/q-3;. The van der Waals surface area contributed by atoms with Crippen molar-refractivity contribution in [2.75, 3.05) is 9.80 Å². The maximum absolute atomic E-state index is 6.73. The predicted octanol–water partition coefficient (Wildman–Crippen LogP) is 12.5. The van der Waals surface area contributed by atoms with Gasteiger partial charge in [0.25, 0.3) is 0 Å². The van der Waals surface area contributed by atoms with Crippen LogP contribution in [0.4, 0.5) is 22.9 Å². The van der Waals surface area contributed by atoms with Crippen LogP contribution in [0.2, 0.25) is 0 Å². The molecule has 0 bridgehead atoms. The number of anilines is 4. The van der Waals surface area contributed by atoms with Gasteiger partial charge in [-0.15, -0.1) is 30.3 Å². The van der Waals surface area contributed by atoms with Crippen molar-refractivity contribution in [3.8, 4) is 17.3 Å². The molecule has 0 saturated heterocycles. The first-order valence-corrected chi connectivity index (χ1v) is 18.6. The van der Waals surface area contributed by atoms with Gasteiger partial charge in [-0.25, -0.2) is 9.97 Å². The molecule has 4 aromatic heterocycles. The molecule has 10 rings (SSSR count). The van der Waals surface area contributed by atoms with Crippen LogP contribution < -0.4 is 14.5 Å². The number of furan rings is 1. The molecule has 5 heterocycles. The number of benzene rings is 5. The second-order valence-electron chi connectivity index (χ2n) is 15.5. The SMILES string of the molecule is Cc1cc(C)c(N2[CH-]N(c3[c-]c(Oc4[c-]c5c(cc4)c4ccccc4n5-c4cc(C(C)(C)C)ccn4)cc4oc5ccccc5c34)c3cccnc32)c(C)c1.[Pt]. The Labute approximate surface area is 340 Å². The molecular formula is C48H38N5O2Pt-3. The predicted molar refractivity (Wildman–Crippen MR) is 222 cm³/mol. The second-order valence-corrected chi connectivity index (χ2v) is 15.5. The Morgan fingerprint density at radius 1 is 0.696 bits per heavy atom. The number of fused-ring (bicyclic) bond motifs is 7. The first-order chi connectivity index (χ1) is 26.6. The Bertz CT molecular complexity index is 2970.